The number of esters is 2. The van der Waals surface area contributed by atoms with Gasteiger partial charge < -0.3 is 9.47 Å². The van der Waals surface area contributed by atoms with Gasteiger partial charge in [0.2, 0.25) is 0 Å². The SMILES string of the molecule is COC(=O)/C=C/OC(=O)c1ccccc1. The summed E-state index contributed by atoms with van der Waals surface area (Å²) in [6.07, 6.45) is 2.03. The van der Waals surface area contributed by atoms with Crippen LogP contribution in [0.5, 0.6) is 0 Å². The summed E-state index contributed by atoms with van der Waals surface area (Å²) in [5.74, 6) is -1.09. The molecule has 0 saturated heterocycles. The molecule has 4 nitrogen and oxygen atoms in total. The number of methoxy groups -OCH3 is 1. The Hall–Kier alpha value is -2.10. The Bertz CT molecular complexity index is 367. The molecule has 1 rings (SSSR count). The van der Waals surface area contributed by atoms with Gasteiger partial charge in [0.25, 0.3) is 0 Å². The normalized spacial score (nSPS) is 9.93. The van der Waals surface area contributed by atoms with Crippen LogP contribution in [-0.4, -0.2) is 19.0 Å². The third-order valence-corrected chi connectivity index (χ3v) is 1.59. The molecule has 0 spiro atoms. The molecule has 1 aromatic rings. The summed E-state index contributed by atoms with van der Waals surface area (Å²) in [4.78, 5) is 21.9. The minimum absolute atomic E-state index is 0.423. The number of carbonyl (C=O) groups excluding carboxylic acids is 2. The number of hydrogen-bond acceptors (Lipinski definition) is 4. The second-order valence-electron chi connectivity index (χ2n) is 2.60. The Balaban J connectivity index is 2.51. The van der Waals surface area contributed by atoms with E-state index in [0.717, 1.165) is 12.3 Å². The molecule has 0 radical (unpaired) electrons. The molecule has 0 fully saturated rings. The molecule has 0 aliphatic rings. The predicted octanol–water partition coefficient (Wildman–Crippen LogP) is 1.53. The molecular formula is C11H10O4. The van der Waals surface area contributed by atoms with Crippen LogP contribution in [0, 0.1) is 0 Å². The molecule has 0 aliphatic heterocycles. The Morgan fingerprint density at radius 2 is 1.87 bits per heavy atom. The van der Waals surface area contributed by atoms with E-state index in [1.165, 1.54) is 7.11 Å². The standard InChI is InChI=1S/C11H10O4/c1-14-10(12)7-8-15-11(13)9-5-3-2-4-6-9/h2-8H,1H3/b8-7+. The maximum atomic E-state index is 11.3. The number of rotatable bonds is 3. The van der Waals surface area contributed by atoms with Crippen LogP contribution in [0.1, 0.15) is 10.4 Å². The van der Waals surface area contributed by atoms with Gasteiger partial charge in [-0.1, -0.05) is 18.2 Å². The molecule has 0 aliphatic carbocycles. The molecule has 0 amide bonds. The Kier molecular flexibility index (Phi) is 4.09. The molecule has 0 N–H and O–H groups in total. The van der Waals surface area contributed by atoms with Crippen molar-refractivity contribution in [2.75, 3.05) is 7.11 Å². The van der Waals surface area contributed by atoms with Crippen molar-refractivity contribution >= 4 is 11.9 Å². The van der Waals surface area contributed by atoms with Crippen molar-refractivity contribution in [3.63, 3.8) is 0 Å². The monoisotopic (exact) mass is 206 g/mol. The minimum Gasteiger partial charge on any atom is -0.466 e. The highest BCUT2D eigenvalue weighted by Gasteiger charge is 2.03. The van der Waals surface area contributed by atoms with Gasteiger partial charge >= 0.3 is 11.9 Å². The highest BCUT2D eigenvalue weighted by Crippen LogP contribution is 2.00. The van der Waals surface area contributed by atoms with Gasteiger partial charge in [0.1, 0.15) is 6.26 Å². The average Bonchev–Trinajstić information content (AvgIpc) is 2.29. The number of hydrogen-bond donors (Lipinski definition) is 0. The molecule has 0 saturated carbocycles. The minimum atomic E-state index is -0.573. The van der Waals surface area contributed by atoms with Gasteiger partial charge in [-0.3, -0.25) is 0 Å². The van der Waals surface area contributed by atoms with E-state index in [9.17, 15) is 9.59 Å². The van der Waals surface area contributed by atoms with E-state index in [2.05, 4.69) is 9.47 Å². The van der Waals surface area contributed by atoms with Gasteiger partial charge in [0.05, 0.1) is 18.7 Å². The first-order chi connectivity index (χ1) is 7.24. The largest absolute Gasteiger partial charge is 0.466 e. The van der Waals surface area contributed by atoms with Crippen LogP contribution in [0.25, 0.3) is 0 Å². The Morgan fingerprint density at radius 3 is 2.47 bits per heavy atom. The predicted molar refractivity (Wildman–Crippen MR) is 53.0 cm³/mol. The topological polar surface area (TPSA) is 52.6 Å². The molecule has 78 valence electrons. The van der Waals surface area contributed by atoms with Crippen molar-refractivity contribution < 1.29 is 19.1 Å². The second-order valence-corrected chi connectivity index (χ2v) is 2.60. The summed E-state index contributed by atoms with van der Waals surface area (Å²) < 4.78 is 9.00. The Morgan fingerprint density at radius 1 is 1.20 bits per heavy atom. The summed E-state index contributed by atoms with van der Waals surface area (Å²) in [5.41, 5.74) is 0.423. The molecule has 0 bridgehead atoms. The van der Waals surface area contributed by atoms with Crippen molar-refractivity contribution in [1.29, 1.82) is 0 Å². The van der Waals surface area contributed by atoms with E-state index in [-0.39, 0.29) is 0 Å². The zero-order chi connectivity index (χ0) is 11.1. The first-order valence-corrected chi connectivity index (χ1v) is 4.24. The van der Waals surface area contributed by atoms with E-state index in [1.54, 1.807) is 30.3 Å². The van der Waals surface area contributed by atoms with Gasteiger partial charge in [-0.05, 0) is 12.1 Å². The molecule has 0 unspecified atom stereocenters. The highest BCUT2D eigenvalue weighted by atomic mass is 16.5. The van der Waals surface area contributed by atoms with Gasteiger partial charge in [-0.2, -0.15) is 0 Å². The summed E-state index contributed by atoms with van der Waals surface area (Å²) in [7, 11) is 1.24. The van der Waals surface area contributed by atoms with Gasteiger partial charge in [-0.25, -0.2) is 9.59 Å². The smallest absolute Gasteiger partial charge is 0.342 e. The van der Waals surface area contributed by atoms with Crippen LogP contribution >= 0.6 is 0 Å². The summed E-state index contributed by atoms with van der Waals surface area (Å²) in [6, 6.07) is 8.48. The van der Waals surface area contributed by atoms with Crippen LogP contribution in [-0.2, 0) is 14.3 Å². The number of carbonyl (C=O) groups is 2. The van der Waals surface area contributed by atoms with Crippen LogP contribution in [0.2, 0.25) is 0 Å². The summed E-state index contributed by atoms with van der Waals surface area (Å²) in [6.45, 7) is 0. The number of ether oxygens (including phenoxy) is 2. The molecule has 1 aromatic carbocycles. The number of benzene rings is 1. The first kappa shape index (κ1) is 11.0. The lowest BCUT2D eigenvalue weighted by Crippen LogP contribution is -2.01. The van der Waals surface area contributed by atoms with E-state index in [4.69, 9.17) is 0 Å². The van der Waals surface area contributed by atoms with Crippen molar-refractivity contribution in [3.05, 3.63) is 48.2 Å². The summed E-state index contributed by atoms with van der Waals surface area (Å²) in [5, 5.41) is 0. The fourth-order valence-electron chi connectivity index (χ4n) is 0.862. The van der Waals surface area contributed by atoms with E-state index in [0.29, 0.717) is 5.56 Å². The quantitative estimate of drug-likeness (QED) is 0.427. The van der Waals surface area contributed by atoms with E-state index < -0.39 is 11.9 Å². The van der Waals surface area contributed by atoms with Crippen molar-refractivity contribution in [2.45, 2.75) is 0 Å². The molecule has 0 atom stereocenters. The maximum Gasteiger partial charge on any atom is 0.342 e. The van der Waals surface area contributed by atoms with Crippen molar-refractivity contribution in [2.24, 2.45) is 0 Å². The lowest BCUT2D eigenvalue weighted by atomic mass is 10.2. The van der Waals surface area contributed by atoms with Crippen molar-refractivity contribution in [1.82, 2.24) is 0 Å². The fraction of sp³-hybridized carbons (Fsp3) is 0.0909. The zero-order valence-corrected chi connectivity index (χ0v) is 8.17. The lowest BCUT2D eigenvalue weighted by Gasteiger charge is -1.97. The molecule has 0 aromatic heterocycles. The van der Waals surface area contributed by atoms with Crippen LogP contribution in [0.15, 0.2) is 42.7 Å². The first-order valence-electron chi connectivity index (χ1n) is 4.24. The molecule has 4 heteroatoms. The zero-order valence-electron chi connectivity index (χ0n) is 8.17. The van der Waals surface area contributed by atoms with E-state index >= 15 is 0 Å². The third kappa shape index (κ3) is 3.64. The molecular weight excluding hydrogens is 196 g/mol. The maximum absolute atomic E-state index is 11.3. The van der Waals surface area contributed by atoms with Gasteiger partial charge in [-0.15, -0.1) is 0 Å². The second kappa shape index (κ2) is 5.59. The Labute approximate surface area is 87.1 Å². The fourth-order valence-corrected chi connectivity index (χ4v) is 0.862. The third-order valence-electron chi connectivity index (χ3n) is 1.59. The van der Waals surface area contributed by atoms with Crippen LogP contribution < -0.4 is 0 Å². The average molecular weight is 206 g/mol. The van der Waals surface area contributed by atoms with Gasteiger partial charge in [0.15, 0.2) is 0 Å². The molecule has 15 heavy (non-hydrogen) atoms. The lowest BCUT2D eigenvalue weighted by molar-refractivity contribution is -0.134. The molecule has 0 heterocycles. The van der Waals surface area contributed by atoms with Gasteiger partial charge in [0, 0.05) is 0 Å². The highest BCUT2D eigenvalue weighted by molar-refractivity contribution is 5.90. The summed E-state index contributed by atoms with van der Waals surface area (Å²) >= 11 is 0. The van der Waals surface area contributed by atoms with Crippen LogP contribution in [0.3, 0.4) is 0 Å². The van der Waals surface area contributed by atoms with Crippen molar-refractivity contribution in [3.8, 4) is 0 Å². The van der Waals surface area contributed by atoms with E-state index in [1.807, 2.05) is 0 Å². The van der Waals surface area contributed by atoms with Crippen LogP contribution in [0.4, 0.5) is 0 Å².